The Morgan fingerprint density at radius 3 is 2.39 bits per heavy atom. The Kier molecular flexibility index (Phi) is 9.82. The molecule has 2 N–H and O–H groups in total. The molecule has 0 unspecified atom stereocenters. The number of halogens is 1. The van der Waals surface area contributed by atoms with Gasteiger partial charge in [0, 0.05) is 13.6 Å². The summed E-state index contributed by atoms with van der Waals surface area (Å²) in [6.07, 6.45) is 5.41. The highest BCUT2D eigenvalue weighted by atomic mass is 127. The minimum absolute atomic E-state index is 0. The molecule has 0 spiro atoms. The molecule has 0 aliphatic heterocycles. The lowest BCUT2D eigenvalue weighted by atomic mass is 10.2. The second-order valence-electron chi connectivity index (χ2n) is 5.54. The Bertz CT molecular complexity index is 461. The van der Waals surface area contributed by atoms with Crippen molar-refractivity contribution >= 4 is 29.9 Å². The molecule has 0 heterocycles. The zero-order valence-corrected chi connectivity index (χ0v) is 16.3. The highest BCUT2D eigenvalue weighted by molar-refractivity contribution is 14.0. The van der Waals surface area contributed by atoms with Crippen LogP contribution in [0.5, 0.6) is 11.5 Å². The topological polar surface area (TPSA) is 54.9 Å². The first-order chi connectivity index (χ1) is 10.8. The van der Waals surface area contributed by atoms with E-state index < -0.39 is 0 Å². The molecule has 1 saturated carbocycles. The van der Waals surface area contributed by atoms with Gasteiger partial charge in [-0.3, -0.25) is 4.99 Å². The summed E-state index contributed by atoms with van der Waals surface area (Å²) in [5.74, 6) is 3.51. The van der Waals surface area contributed by atoms with Crippen molar-refractivity contribution < 1.29 is 9.47 Å². The van der Waals surface area contributed by atoms with E-state index in [1.165, 1.54) is 25.7 Å². The average molecular weight is 433 g/mol. The summed E-state index contributed by atoms with van der Waals surface area (Å²) >= 11 is 0. The number of rotatable bonds is 9. The zero-order chi connectivity index (χ0) is 15.6. The number of hydrogen-bond donors (Lipinski definition) is 2. The molecule has 0 radical (unpaired) electrons. The molecule has 0 atom stereocenters. The molecule has 0 bridgehead atoms. The van der Waals surface area contributed by atoms with Gasteiger partial charge in [0.1, 0.15) is 18.1 Å². The Balaban J connectivity index is 0.00000264. The third-order valence-electron chi connectivity index (χ3n) is 3.72. The summed E-state index contributed by atoms with van der Waals surface area (Å²) in [7, 11) is 3.45. The van der Waals surface area contributed by atoms with E-state index in [0.29, 0.717) is 13.2 Å². The Morgan fingerprint density at radius 2 is 1.78 bits per heavy atom. The van der Waals surface area contributed by atoms with Gasteiger partial charge in [-0.1, -0.05) is 12.8 Å². The maximum Gasteiger partial charge on any atom is 0.191 e. The van der Waals surface area contributed by atoms with Crippen LogP contribution in [0.1, 0.15) is 25.7 Å². The lowest BCUT2D eigenvalue weighted by Gasteiger charge is -2.12. The van der Waals surface area contributed by atoms with E-state index in [4.69, 9.17) is 9.47 Å². The van der Waals surface area contributed by atoms with Gasteiger partial charge in [-0.05, 0) is 43.0 Å². The maximum absolute atomic E-state index is 5.66. The van der Waals surface area contributed by atoms with Gasteiger partial charge in [0.25, 0.3) is 0 Å². The summed E-state index contributed by atoms with van der Waals surface area (Å²) in [4.78, 5) is 4.21. The first-order valence-electron chi connectivity index (χ1n) is 8.03. The van der Waals surface area contributed by atoms with Gasteiger partial charge in [-0.15, -0.1) is 24.0 Å². The first kappa shape index (κ1) is 19.9. The van der Waals surface area contributed by atoms with E-state index in [1.54, 1.807) is 14.2 Å². The molecule has 0 saturated heterocycles. The molecular weight excluding hydrogens is 405 g/mol. The molecule has 0 amide bonds. The van der Waals surface area contributed by atoms with Crippen LogP contribution in [0.15, 0.2) is 29.3 Å². The number of nitrogens with one attached hydrogen (secondary N) is 2. The highest BCUT2D eigenvalue weighted by Gasteiger charge is 2.19. The van der Waals surface area contributed by atoms with Crippen molar-refractivity contribution in [1.29, 1.82) is 0 Å². The monoisotopic (exact) mass is 433 g/mol. The summed E-state index contributed by atoms with van der Waals surface area (Å²) < 4.78 is 10.8. The molecule has 6 heteroatoms. The van der Waals surface area contributed by atoms with Crippen LogP contribution in [-0.4, -0.2) is 39.8 Å². The molecule has 1 aliphatic carbocycles. The smallest absolute Gasteiger partial charge is 0.191 e. The van der Waals surface area contributed by atoms with Gasteiger partial charge in [0.05, 0.1) is 13.7 Å². The third kappa shape index (κ3) is 8.29. The van der Waals surface area contributed by atoms with Crippen LogP contribution >= 0.6 is 24.0 Å². The Labute approximate surface area is 156 Å². The molecule has 1 fully saturated rings. The van der Waals surface area contributed by atoms with Crippen molar-refractivity contribution in [3.63, 3.8) is 0 Å². The number of guanidine groups is 1. The van der Waals surface area contributed by atoms with Gasteiger partial charge in [-0.25, -0.2) is 0 Å². The fourth-order valence-corrected chi connectivity index (χ4v) is 2.23. The summed E-state index contributed by atoms with van der Waals surface area (Å²) in [5, 5.41) is 6.59. The van der Waals surface area contributed by atoms with Crippen LogP contribution in [-0.2, 0) is 0 Å². The molecule has 23 heavy (non-hydrogen) atoms. The van der Waals surface area contributed by atoms with E-state index in [0.717, 1.165) is 29.9 Å². The zero-order valence-electron chi connectivity index (χ0n) is 14.0. The molecule has 1 aromatic rings. The number of methoxy groups -OCH3 is 1. The second kappa shape index (κ2) is 11.4. The third-order valence-corrected chi connectivity index (χ3v) is 3.72. The van der Waals surface area contributed by atoms with E-state index in [9.17, 15) is 0 Å². The van der Waals surface area contributed by atoms with Crippen LogP contribution in [0.25, 0.3) is 0 Å². The number of aliphatic imine (C=N–C) groups is 1. The lowest BCUT2D eigenvalue weighted by molar-refractivity contribution is 0.321. The summed E-state index contributed by atoms with van der Waals surface area (Å²) in [5.41, 5.74) is 0. The van der Waals surface area contributed by atoms with Crippen LogP contribution in [0, 0.1) is 5.92 Å². The first-order valence-corrected chi connectivity index (χ1v) is 8.03. The molecule has 1 aliphatic rings. The summed E-state index contributed by atoms with van der Waals surface area (Å²) in [6, 6.07) is 7.60. The lowest BCUT2D eigenvalue weighted by Crippen LogP contribution is -2.39. The Hall–Kier alpha value is -1.18. The molecule has 5 nitrogen and oxygen atoms in total. The van der Waals surface area contributed by atoms with Gasteiger partial charge in [0.15, 0.2) is 5.96 Å². The van der Waals surface area contributed by atoms with E-state index >= 15 is 0 Å². The van der Waals surface area contributed by atoms with E-state index in [2.05, 4.69) is 15.6 Å². The molecule has 0 aromatic heterocycles. The van der Waals surface area contributed by atoms with E-state index in [1.807, 2.05) is 24.3 Å². The van der Waals surface area contributed by atoms with E-state index in [-0.39, 0.29) is 24.0 Å². The Morgan fingerprint density at radius 1 is 1.13 bits per heavy atom. The number of benzene rings is 1. The van der Waals surface area contributed by atoms with Crippen molar-refractivity contribution in [3.8, 4) is 11.5 Å². The molecule has 2 rings (SSSR count). The van der Waals surface area contributed by atoms with Crippen molar-refractivity contribution in [3.05, 3.63) is 24.3 Å². The largest absolute Gasteiger partial charge is 0.497 e. The standard InChI is InChI=1S/C17H27N3O2.HI/c1-18-17(19-11-3-4-14-5-6-14)20-12-13-22-16-9-7-15(21-2)8-10-16;/h7-10,14H,3-6,11-13H2,1-2H3,(H2,18,19,20);1H. The average Bonchev–Trinajstić information content (AvgIpc) is 3.38. The van der Waals surface area contributed by atoms with Gasteiger partial charge in [-0.2, -0.15) is 0 Å². The highest BCUT2D eigenvalue weighted by Crippen LogP contribution is 2.33. The predicted molar refractivity (Wildman–Crippen MR) is 105 cm³/mol. The molecular formula is C17H28IN3O2. The number of hydrogen-bond acceptors (Lipinski definition) is 3. The minimum Gasteiger partial charge on any atom is -0.497 e. The van der Waals surface area contributed by atoms with Crippen LogP contribution in [0.4, 0.5) is 0 Å². The van der Waals surface area contributed by atoms with Crippen molar-refractivity contribution in [2.24, 2.45) is 10.9 Å². The normalized spacial score (nSPS) is 13.9. The second-order valence-corrected chi connectivity index (χ2v) is 5.54. The van der Waals surface area contributed by atoms with Crippen LogP contribution < -0.4 is 20.1 Å². The van der Waals surface area contributed by atoms with Gasteiger partial charge in [0.2, 0.25) is 0 Å². The van der Waals surface area contributed by atoms with Crippen molar-refractivity contribution in [2.45, 2.75) is 25.7 Å². The summed E-state index contributed by atoms with van der Waals surface area (Å²) in [6.45, 7) is 2.29. The molecule has 130 valence electrons. The fourth-order valence-electron chi connectivity index (χ4n) is 2.23. The van der Waals surface area contributed by atoms with Crippen molar-refractivity contribution in [2.75, 3.05) is 33.9 Å². The number of ether oxygens (including phenoxy) is 2. The fraction of sp³-hybridized carbons (Fsp3) is 0.588. The quantitative estimate of drug-likeness (QED) is 0.272. The van der Waals surface area contributed by atoms with Crippen LogP contribution in [0.3, 0.4) is 0 Å². The molecule has 1 aromatic carbocycles. The van der Waals surface area contributed by atoms with Gasteiger partial charge >= 0.3 is 0 Å². The SMILES string of the molecule is CN=C(NCCCC1CC1)NCCOc1ccc(OC)cc1.I. The minimum atomic E-state index is 0. The number of nitrogens with zero attached hydrogens (tertiary/aromatic N) is 1. The van der Waals surface area contributed by atoms with Crippen LogP contribution in [0.2, 0.25) is 0 Å². The van der Waals surface area contributed by atoms with Crippen molar-refractivity contribution in [1.82, 2.24) is 10.6 Å². The van der Waals surface area contributed by atoms with Gasteiger partial charge < -0.3 is 20.1 Å². The maximum atomic E-state index is 5.66. The predicted octanol–water partition coefficient (Wildman–Crippen LogP) is 3.05.